The third-order valence-corrected chi connectivity index (χ3v) is 4.57. The number of guanidine groups is 1. The molecule has 0 saturated carbocycles. The van der Waals surface area contributed by atoms with Gasteiger partial charge in [0.1, 0.15) is 0 Å². The fourth-order valence-electron chi connectivity index (χ4n) is 3.20. The van der Waals surface area contributed by atoms with Crippen LogP contribution in [-0.4, -0.2) is 40.4 Å². The molecule has 27 heavy (non-hydrogen) atoms. The summed E-state index contributed by atoms with van der Waals surface area (Å²) in [6.07, 6.45) is 6.87. The zero-order chi connectivity index (χ0) is 19.1. The average molecular weight is 367 g/mol. The van der Waals surface area contributed by atoms with Crippen LogP contribution in [0.2, 0.25) is 0 Å². The SMILES string of the molecule is CCNC(=NCC(C)Cn1cccn1)NCCc1c[nH]c2cc(C)ccc12. The van der Waals surface area contributed by atoms with Crippen LogP contribution in [0.5, 0.6) is 0 Å². The summed E-state index contributed by atoms with van der Waals surface area (Å²) in [4.78, 5) is 8.10. The zero-order valence-corrected chi connectivity index (χ0v) is 16.5. The molecule has 0 spiro atoms. The van der Waals surface area contributed by atoms with Gasteiger partial charge in [0.05, 0.1) is 0 Å². The average Bonchev–Trinajstić information content (AvgIpc) is 3.29. The van der Waals surface area contributed by atoms with Crippen LogP contribution in [-0.2, 0) is 13.0 Å². The Hall–Kier alpha value is -2.76. The molecule has 2 aromatic heterocycles. The number of aryl methyl sites for hydroxylation is 1. The fraction of sp³-hybridized carbons (Fsp3) is 0.429. The molecular weight excluding hydrogens is 336 g/mol. The first kappa shape index (κ1) is 19.0. The minimum atomic E-state index is 0.428. The van der Waals surface area contributed by atoms with Gasteiger partial charge in [-0.25, -0.2) is 0 Å². The van der Waals surface area contributed by atoms with Gasteiger partial charge < -0.3 is 15.6 Å². The number of aliphatic imine (C=N–C) groups is 1. The highest BCUT2D eigenvalue weighted by Crippen LogP contribution is 2.19. The lowest BCUT2D eigenvalue weighted by molar-refractivity contribution is 0.458. The smallest absolute Gasteiger partial charge is 0.191 e. The number of aromatic amines is 1. The number of nitrogens with one attached hydrogen (secondary N) is 3. The highest BCUT2D eigenvalue weighted by molar-refractivity contribution is 5.84. The van der Waals surface area contributed by atoms with Crippen LogP contribution in [0.1, 0.15) is 25.0 Å². The molecule has 6 nitrogen and oxygen atoms in total. The van der Waals surface area contributed by atoms with Crippen LogP contribution in [0.25, 0.3) is 10.9 Å². The molecule has 0 aliphatic rings. The Bertz CT molecular complexity index is 862. The summed E-state index contributed by atoms with van der Waals surface area (Å²) in [6, 6.07) is 8.51. The topological polar surface area (TPSA) is 70.0 Å². The van der Waals surface area contributed by atoms with E-state index < -0.39 is 0 Å². The molecule has 0 fully saturated rings. The van der Waals surface area contributed by atoms with Gasteiger partial charge in [-0.15, -0.1) is 0 Å². The Morgan fingerprint density at radius 2 is 2.22 bits per heavy atom. The Morgan fingerprint density at radius 3 is 3.00 bits per heavy atom. The van der Waals surface area contributed by atoms with Gasteiger partial charge in [0.25, 0.3) is 0 Å². The number of hydrogen-bond donors (Lipinski definition) is 3. The van der Waals surface area contributed by atoms with Crippen molar-refractivity contribution < 1.29 is 0 Å². The second-order valence-corrected chi connectivity index (χ2v) is 7.09. The minimum Gasteiger partial charge on any atom is -0.361 e. The molecule has 6 heteroatoms. The fourth-order valence-corrected chi connectivity index (χ4v) is 3.20. The number of hydrogen-bond acceptors (Lipinski definition) is 2. The van der Waals surface area contributed by atoms with Crippen LogP contribution < -0.4 is 10.6 Å². The first-order valence-corrected chi connectivity index (χ1v) is 9.72. The maximum Gasteiger partial charge on any atom is 0.191 e. The maximum atomic E-state index is 4.73. The summed E-state index contributed by atoms with van der Waals surface area (Å²) in [5.41, 5.74) is 3.82. The molecule has 0 bridgehead atoms. The van der Waals surface area contributed by atoms with E-state index in [4.69, 9.17) is 4.99 Å². The molecule has 0 aliphatic carbocycles. The second-order valence-electron chi connectivity index (χ2n) is 7.09. The van der Waals surface area contributed by atoms with Crippen LogP contribution >= 0.6 is 0 Å². The van der Waals surface area contributed by atoms with E-state index in [1.807, 2.05) is 23.1 Å². The lowest BCUT2D eigenvalue weighted by Crippen LogP contribution is -2.38. The molecule has 3 aromatic rings. The summed E-state index contributed by atoms with van der Waals surface area (Å²) >= 11 is 0. The van der Waals surface area contributed by atoms with Gasteiger partial charge in [-0.3, -0.25) is 9.67 Å². The van der Waals surface area contributed by atoms with E-state index in [9.17, 15) is 0 Å². The van der Waals surface area contributed by atoms with Gasteiger partial charge in [-0.05, 0) is 49.4 Å². The van der Waals surface area contributed by atoms with Crippen LogP contribution in [0.3, 0.4) is 0 Å². The van der Waals surface area contributed by atoms with Crippen molar-refractivity contribution in [3.63, 3.8) is 0 Å². The lowest BCUT2D eigenvalue weighted by Gasteiger charge is -2.13. The predicted molar refractivity (Wildman–Crippen MR) is 112 cm³/mol. The van der Waals surface area contributed by atoms with E-state index in [2.05, 4.69) is 65.9 Å². The Kier molecular flexibility index (Phi) is 6.52. The number of nitrogens with zero attached hydrogens (tertiary/aromatic N) is 3. The van der Waals surface area contributed by atoms with Gasteiger partial charge in [0, 0.05) is 55.7 Å². The van der Waals surface area contributed by atoms with Gasteiger partial charge >= 0.3 is 0 Å². The second kappa shape index (κ2) is 9.26. The van der Waals surface area contributed by atoms with Crippen molar-refractivity contribution in [2.45, 2.75) is 33.7 Å². The zero-order valence-electron chi connectivity index (χ0n) is 16.5. The molecule has 3 rings (SSSR count). The normalized spacial score (nSPS) is 13.1. The Labute approximate surface area is 161 Å². The molecule has 2 heterocycles. The molecule has 1 aromatic carbocycles. The monoisotopic (exact) mass is 366 g/mol. The van der Waals surface area contributed by atoms with Crippen LogP contribution in [0.15, 0.2) is 47.8 Å². The van der Waals surface area contributed by atoms with Crippen molar-refractivity contribution in [2.75, 3.05) is 19.6 Å². The van der Waals surface area contributed by atoms with Crippen molar-refractivity contribution in [2.24, 2.45) is 10.9 Å². The molecule has 0 amide bonds. The first-order chi connectivity index (χ1) is 13.2. The Balaban J connectivity index is 1.52. The van der Waals surface area contributed by atoms with Crippen molar-refractivity contribution in [3.8, 4) is 0 Å². The maximum absolute atomic E-state index is 4.73. The highest BCUT2D eigenvalue weighted by atomic mass is 15.3. The van der Waals surface area contributed by atoms with Crippen LogP contribution in [0, 0.1) is 12.8 Å². The van der Waals surface area contributed by atoms with E-state index in [0.29, 0.717) is 5.92 Å². The van der Waals surface area contributed by atoms with Gasteiger partial charge in [-0.2, -0.15) is 5.10 Å². The summed E-state index contributed by atoms with van der Waals surface area (Å²) in [6.45, 7) is 9.75. The summed E-state index contributed by atoms with van der Waals surface area (Å²) in [5, 5.41) is 12.3. The standard InChI is InChI=1S/C21H30N6/c1-4-22-21(25-13-17(3)15-27-11-5-9-26-27)23-10-8-18-14-24-20-12-16(2)6-7-19(18)20/h5-7,9,11-12,14,17,24H,4,8,10,13,15H2,1-3H3,(H2,22,23,25). The quantitative estimate of drug-likeness (QED) is 0.424. The van der Waals surface area contributed by atoms with E-state index in [-0.39, 0.29) is 0 Å². The molecule has 1 atom stereocenters. The molecule has 0 radical (unpaired) electrons. The summed E-state index contributed by atoms with van der Waals surface area (Å²) in [5.74, 6) is 1.30. The highest BCUT2D eigenvalue weighted by Gasteiger charge is 2.06. The molecule has 144 valence electrons. The van der Waals surface area contributed by atoms with E-state index in [0.717, 1.165) is 38.6 Å². The number of H-pyrrole nitrogens is 1. The van der Waals surface area contributed by atoms with E-state index >= 15 is 0 Å². The predicted octanol–water partition coefficient (Wildman–Crippen LogP) is 3.11. The van der Waals surface area contributed by atoms with Crippen molar-refractivity contribution >= 4 is 16.9 Å². The minimum absolute atomic E-state index is 0.428. The number of rotatable bonds is 8. The van der Waals surface area contributed by atoms with Gasteiger partial charge in [0.2, 0.25) is 0 Å². The third kappa shape index (κ3) is 5.36. The molecule has 0 aliphatic heterocycles. The molecule has 0 saturated heterocycles. The first-order valence-electron chi connectivity index (χ1n) is 9.72. The number of benzene rings is 1. The lowest BCUT2D eigenvalue weighted by atomic mass is 10.1. The molecular formula is C21H30N6. The van der Waals surface area contributed by atoms with E-state index in [1.165, 1.54) is 22.0 Å². The van der Waals surface area contributed by atoms with E-state index in [1.54, 1.807) is 0 Å². The Morgan fingerprint density at radius 1 is 1.33 bits per heavy atom. The van der Waals surface area contributed by atoms with Crippen molar-refractivity contribution in [3.05, 3.63) is 54.0 Å². The number of aromatic nitrogens is 3. The summed E-state index contributed by atoms with van der Waals surface area (Å²) < 4.78 is 1.96. The molecule has 3 N–H and O–H groups in total. The summed E-state index contributed by atoms with van der Waals surface area (Å²) in [7, 11) is 0. The van der Waals surface area contributed by atoms with Crippen LogP contribution in [0.4, 0.5) is 0 Å². The largest absolute Gasteiger partial charge is 0.361 e. The molecule has 1 unspecified atom stereocenters. The van der Waals surface area contributed by atoms with Gasteiger partial charge in [-0.1, -0.05) is 19.1 Å². The number of fused-ring (bicyclic) bond motifs is 1. The van der Waals surface area contributed by atoms with Crippen molar-refractivity contribution in [1.29, 1.82) is 0 Å². The van der Waals surface area contributed by atoms with Crippen molar-refractivity contribution in [1.82, 2.24) is 25.4 Å². The third-order valence-electron chi connectivity index (χ3n) is 4.57. The van der Waals surface area contributed by atoms with Gasteiger partial charge in [0.15, 0.2) is 5.96 Å².